The largest absolute Gasteiger partial charge is 0.251 e. The van der Waals surface area contributed by atoms with Crippen molar-refractivity contribution in [2.45, 2.75) is 6.43 Å². The second kappa shape index (κ2) is 2.88. The Balaban J connectivity index is 3.14. The zero-order valence-corrected chi connectivity index (χ0v) is 3.70. The molecule has 43 valence electrons. The zero-order chi connectivity index (χ0) is 5.86. The van der Waals surface area contributed by atoms with Crippen molar-refractivity contribution in [3.05, 3.63) is 6.92 Å². The maximum Gasteiger partial charge on any atom is 0.243 e. The van der Waals surface area contributed by atoms with Gasteiger partial charge in [0, 0.05) is 5.92 Å². The van der Waals surface area contributed by atoms with E-state index in [0.717, 1.165) is 0 Å². The van der Waals surface area contributed by atoms with Gasteiger partial charge >= 0.3 is 0 Å². The Morgan fingerprint density at radius 3 is 1.86 bits per heavy atom. The number of halogens is 3. The predicted octanol–water partition coefficient (Wildman–Crippen LogP) is 1.67. The molecule has 1 atom stereocenters. The number of hydrogen-bond donors (Lipinski definition) is 0. The van der Waals surface area contributed by atoms with Crippen LogP contribution in [0.4, 0.5) is 13.2 Å². The van der Waals surface area contributed by atoms with E-state index in [1.165, 1.54) is 0 Å². The number of hydrogen-bond acceptors (Lipinski definition) is 0. The van der Waals surface area contributed by atoms with E-state index in [1.807, 2.05) is 0 Å². The van der Waals surface area contributed by atoms with Gasteiger partial charge in [0.1, 0.15) is 0 Å². The molecule has 0 aliphatic rings. The zero-order valence-electron chi connectivity index (χ0n) is 3.70. The SMILES string of the molecule is [CH2]C(CF)C(F)F. The first-order valence-electron chi connectivity index (χ1n) is 1.85. The first kappa shape index (κ1) is 6.79. The molecule has 0 aliphatic carbocycles. The van der Waals surface area contributed by atoms with E-state index in [4.69, 9.17) is 0 Å². The Morgan fingerprint density at radius 1 is 1.43 bits per heavy atom. The molecular formula is C4H6F3. The van der Waals surface area contributed by atoms with Crippen LogP contribution in [0.2, 0.25) is 0 Å². The lowest BCUT2D eigenvalue weighted by molar-refractivity contribution is 0.0853. The Hall–Kier alpha value is -0.210. The van der Waals surface area contributed by atoms with Gasteiger partial charge in [-0.15, -0.1) is 0 Å². The van der Waals surface area contributed by atoms with E-state index in [-0.39, 0.29) is 0 Å². The van der Waals surface area contributed by atoms with Crippen molar-refractivity contribution in [1.82, 2.24) is 0 Å². The molecule has 0 aromatic carbocycles. The van der Waals surface area contributed by atoms with Gasteiger partial charge in [-0.2, -0.15) is 0 Å². The summed E-state index contributed by atoms with van der Waals surface area (Å²) in [7, 11) is 0. The Kier molecular flexibility index (Phi) is 2.79. The van der Waals surface area contributed by atoms with Gasteiger partial charge < -0.3 is 0 Å². The van der Waals surface area contributed by atoms with Gasteiger partial charge in [0.25, 0.3) is 0 Å². The van der Waals surface area contributed by atoms with E-state index >= 15 is 0 Å². The topological polar surface area (TPSA) is 0 Å². The average molecular weight is 111 g/mol. The monoisotopic (exact) mass is 111 g/mol. The van der Waals surface area contributed by atoms with Crippen LogP contribution in [0.5, 0.6) is 0 Å². The molecule has 0 saturated heterocycles. The van der Waals surface area contributed by atoms with Gasteiger partial charge in [-0.25, -0.2) is 8.78 Å². The number of rotatable bonds is 2. The summed E-state index contributed by atoms with van der Waals surface area (Å²) in [6.07, 6.45) is -2.62. The molecule has 3 heteroatoms. The molecule has 0 aliphatic heterocycles. The van der Waals surface area contributed by atoms with Crippen LogP contribution >= 0.6 is 0 Å². The fraction of sp³-hybridized carbons (Fsp3) is 0.750. The minimum atomic E-state index is -2.62. The first-order chi connectivity index (χ1) is 3.18. The normalized spacial score (nSPS) is 15.0. The van der Waals surface area contributed by atoms with E-state index < -0.39 is 19.0 Å². The van der Waals surface area contributed by atoms with E-state index in [1.54, 1.807) is 0 Å². The molecule has 1 unspecified atom stereocenters. The molecule has 0 nitrogen and oxygen atoms in total. The van der Waals surface area contributed by atoms with Crippen LogP contribution in [0.25, 0.3) is 0 Å². The third kappa shape index (κ3) is 2.48. The van der Waals surface area contributed by atoms with Gasteiger partial charge in [0.2, 0.25) is 6.43 Å². The molecule has 0 amide bonds. The molecule has 0 heterocycles. The van der Waals surface area contributed by atoms with Crippen molar-refractivity contribution >= 4 is 0 Å². The van der Waals surface area contributed by atoms with Gasteiger partial charge in [-0.05, 0) is 6.92 Å². The second-order valence-corrected chi connectivity index (χ2v) is 1.25. The summed E-state index contributed by atoms with van der Waals surface area (Å²) >= 11 is 0. The van der Waals surface area contributed by atoms with Crippen molar-refractivity contribution in [1.29, 1.82) is 0 Å². The summed E-state index contributed by atoms with van der Waals surface area (Å²) in [4.78, 5) is 0. The summed E-state index contributed by atoms with van der Waals surface area (Å²) in [6.45, 7) is 1.79. The Morgan fingerprint density at radius 2 is 1.86 bits per heavy atom. The van der Waals surface area contributed by atoms with Crippen molar-refractivity contribution in [3.63, 3.8) is 0 Å². The Bertz CT molecular complexity index is 44.2. The lowest BCUT2D eigenvalue weighted by Crippen LogP contribution is -2.08. The fourth-order valence-electron chi connectivity index (χ4n) is 0.0673. The lowest BCUT2D eigenvalue weighted by atomic mass is 10.2. The van der Waals surface area contributed by atoms with Crippen LogP contribution in [0.3, 0.4) is 0 Å². The molecule has 0 spiro atoms. The summed E-state index contributed by atoms with van der Waals surface area (Å²) in [5.74, 6) is -1.35. The molecule has 0 saturated carbocycles. The van der Waals surface area contributed by atoms with E-state index in [0.29, 0.717) is 0 Å². The average Bonchev–Trinajstić information content (AvgIpc) is 1.65. The van der Waals surface area contributed by atoms with Gasteiger partial charge in [0.05, 0.1) is 6.67 Å². The van der Waals surface area contributed by atoms with Crippen LogP contribution in [-0.2, 0) is 0 Å². The molecule has 0 fully saturated rings. The molecule has 0 N–H and O–H groups in total. The molecular weight excluding hydrogens is 105 g/mol. The fourth-order valence-corrected chi connectivity index (χ4v) is 0.0673. The van der Waals surface area contributed by atoms with Crippen LogP contribution < -0.4 is 0 Å². The van der Waals surface area contributed by atoms with Crippen molar-refractivity contribution in [2.24, 2.45) is 5.92 Å². The lowest BCUT2D eigenvalue weighted by Gasteiger charge is -2.00. The van der Waals surface area contributed by atoms with Crippen molar-refractivity contribution < 1.29 is 13.2 Å². The second-order valence-electron chi connectivity index (χ2n) is 1.25. The molecule has 0 rings (SSSR count). The highest BCUT2D eigenvalue weighted by Gasteiger charge is 2.12. The molecule has 1 radical (unpaired) electrons. The van der Waals surface area contributed by atoms with E-state index in [9.17, 15) is 13.2 Å². The van der Waals surface area contributed by atoms with Crippen molar-refractivity contribution in [2.75, 3.05) is 6.67 Å². The Labute approximate surface area is 40.3 Å². The predicted molar refractivity (Wildman–Crippen MR) is 20.8 cm³/mol. The highest BCUT2D eigenvalue weighted by Crippen LogP contribution is 2.07. The molecule has 0 bridgehead atoms. The quantitative estimate of drug-likeness (QED) is 0.508. The van der Waals surface area contributed by atoms with Crippen LogP contribution in [-0.4, -0.2) is 13.1 Å². The minimum Gasteiger partial charge on any atom is -0.251 e. The number of alkyl halides is 3. The van der Waals surface area contributed by atoms with E-state index in [2.05, 4.69) is 6.92 Å². The smallest absolute Gasteiger partial charge is 0.243 e. The summed E-state index contributed by atoms with van der Waals surface area (Å²) in [5.41, 5.74) is 0. The first-order valence-corrected chi connectivity index (χ1v) is 1.85. The summed E-state index contributed by atoms with van der Waals surface area (Å²) < 4.78 is 33.3. The highest BCUT2D eigenvalue weighted by atomic mass is 19.3. The molecule has 0 aromatic rings. The van der Waals surface area contributed by atoms with Gasteiger partial charge in [-0.1, -0.05) is 0 Å². The van der Waals surface area contributed by atoms with Crippen molar-refractivity contribution in [3.8, 4) is 0 Å². The molecule has 0 aromatic heterocycles. The van der Waals surface area contributed by atoms with Crippen LogP contribution in [0.15, 0.2) is 0 Å². The van der Waals surface area contributed by atoms with Crippen LogP contribution in [0, 0.1) is 12.8 Å². The van der Waals surface area contributed by atoms with Gasteiger partial charge in [-0.3, -0.25) is 4.39 Å². The highest BCUT2D eigenvalue weighted by molar-refractivity contribution is 4.60. The minimum absolute atomic E-state index is 1.04. The summed E-state index contributed by atoms with van der Waals surface area (Å²) in [5, 5.41) is 0. The third-order valence-electron chi connectivity index (χ3n) is 0.555. The maximum atomic E-state index is 11.1. The summed E-state index contributed by atoms with van der Waals surface area (Å²) in [6, 6.07) is 0. The standard InChI is InChI=1S/C4H6F3/c1-3(2-5)4(6)7/h3-4H,1-2H2. The maximum absolute atomic E-state index is 11.1. The van der Waals surface area contributed by atoms with Gasteiger partial charge in [0.15, 0.2) is 0 Å². The molecule has 7 heavy (non-hydrogen) atoms. The van der Waals surface area contributed by atoms with Crippen LogP contribution in [0.1, 0.15) is 0 Å². The third-order valence-corrected chi connectivity index (χ3v) is 0.555.